The third-order valence-corrected chi connectivity index (χ3v) is 1.44. The molecule has 16 heavy (non-hydrogen) atoms. The fourth-order valence-electron chi connectivity index (χ4n) is 0.681. The summed E-state index contributed by atoms with van der Waals surface area (Å²) in [5.41, 5.74) is 4.78. The van der Waals surface area contributed by atoms with Gasteiger partial charge in [-0.2, -0.15) is 0 Å². The van der Waals surface area contributed by atoms with Crippen LogP contribution in [0.1, 0.15) is 13.8 Å². The molecule has 0 unspecified atom stereocenters. The molecule has 0 saturated heterocycles. The fourth-order valence-corrected chi connectivity index (χ4v) is 0.681. The molecule has 0 aliphatic rings. The van der Waals surface area contributed by atoms with Crippen molar-refractivity contribution >= 4 is 0 Å². The maximum Gasteiger partial charge on any atom is 0.0558 e. The quantitative estimate of drug-likeness (QED) is 0.617. The number of aliphatic hydroxyl groups is 2. The zero-order valence-electron chi connectivity index (χ0n) is 11.0. The Morgan fingerprint density at radius 1 is 0.938 bits per heavy atom. The molecule has 0 aliphatic heterocycles. The number of nitrogens with two attached hydrogens (primary N) is 1. The summed E-state index contributed by atoms with van der Waals surface area (Å²) in [5, 5.41) is 16.2. The Morgan fingerprint density at radius 3 is 1.31 bits per heavy atom. The second-order valence-electron chi connectivity index (χ2n) is 2.26. The molecule has 0 amide bonds. The topological polar surface area (TPSA) is 69.7 Å². The van der Waals surface area contributed by atoms with E-state index in [0.29, 0.717) is 6.54 Å². The van der Waals surface area contributed by atoms with Crippen molar-refractivity contribution < 1.29 is 10.2 Å². The van der Waals surface area contributed by atoms with Gasteiger partial charge in [-0.15, -0.1) is 26.3 Å². The largest absolute Gasteiger partial charge is 0.395 e. The highest BCUT2D eigenvalue weighted by Gasteiger charge is 1.93. The predicted molar refractivity (Wildman–Crippen MR) is 73.5 cm³/mol. The minimum atomic E-state index is 0.0972. The molecule has 4 nitrogen and oxygen atoms in total. The summed E-state index contributed by atoms with van der Waals surface area (Å²) in [5.74, 6) is 0. The monoisotopic (exact) mass is 234 g/mol. The van der Waals surface area contributed by atoms with E-state index in [1.165, 1.54) is 0 Å². The minimum Gasteiger partial charge on any atom is -0.395 e. The molecule has 0 aliphatic carbocycles. The van der Waals surface area contributed by atoms with Crippen molar-refractivity contribution in [1.29, 1.82) is 0 Å². The van der Waals surface area contributed by atoms with E-state index in [4.69, 9.17) is 15.9 Å². The molecule has 0 fully saturated rings. The summed E-state index contributed by atoms with van der Waals surface area (Å²) in [7, 11) is 0. The van der Waals surface area contributed by atoms with Gasteiger partial charge in [-0.25, -0.2) is 0 Å². The van der Waals surface area contributed by atoms with Gasteiger partial charge in [0.1, 0.15) is 0 Å². The average Bonchev–Trinajstić information content (AvgIpc) is 2.41. The van der Waals surface area contributed by atoms with Crippen LogP contribution in [0.2, 0.25) is 0 Å². The molecule has 0 bridgehead atoms. The van der Waals surface area contributed by atoms with Gasteiger partial charge >= 0.3 is 0 Å². The van der Waals surface area contributed by atoms with Crippen molar-refractivity contribution in [1.82, 2.24) is 4.90 Å². The molecule has 0 aromatic rings. The van der Waals surface area contributed by atoms with Gasteiger partial charge in [0, 0.05) is 13.1 Å². The molecule has 0 atom stereocenters. The molecular formula is C12H30N2O2. The smallest absolute Gasteiger partial charge is 0.0558 e. The zero-order valence-corrected chi connectivity index (χ0v) is 11.0. The van der Waals surface area contributed by atoms with Crippen LogP contribution in [0.4, 0.5) is 0 Å². The molecule has 0 rings (SSSR count). The Kier molecular flexibility index (Phi) is 56.2. The van der Waals surface area contributed by atoms with E-state index in [2.05, 4.69) is 45.1 Å². The van der Waals surface area contributed by atoms with Crippen LogP contribution in [0.25, 0.3) is 0 Å². The lowest BCUT2D eigenvalue weighted by atomic mass is 10.5. The van der Waals surface area contributed by atoms with Crippen molar-refractivity contribution in [2.45, 2.75) is 13.8 Å². The maximum atomic E-state index is 8.46. The number of nitrogens with zero attached hydrogens (tertiary/aromatic N) is 1. The van der Waals surface area contributed by atoms with E-state index in [0.717, 1.165) is 19.6 Å². The molecule has 0 heterocycles. The van der Waals surface area contributed by atoms with E-state index < -0.39 is 0 Å². The summed E-state index contributed by atoms with van der Waals surface area (Å²) < 4.78 is 0. The van der Waals surface area contributed by atoms with E-state index in [-0.39, 0.29) is 13.2 Å². The van der Waals surface area contributed by atoms with Crippen LogP contribution in [-0.4, -0.2) is 54.5 Å². The lowest BCUT2D eigenvalue weighted by molar-refractivity contribution is 0.208. The van der Waals surface area contributed by atoms with Gasteiger partial charge in [-0.3, -0.25) is 0 Å². The standard InChI is InChI=1S/C6H15NO.C2H7NO.2C2H4/c1-3-7(4-2)5-6-8;3-1-2-4;2*1-2/h8H,3-6H2,1-2H3;4H,1-3H2;2*1-2H2. The normalized spacial score (nSPS) is 7.62. The van der Waals surface area contributed by atoms with Gasteiger partial charge in [-0.05, 0) is 13.1 Å². The Labute approximate surface area is 101 Å². The second kappa shape index (κ2) is 36.7. The first-order valence-corrected chi connectivity index (χ1v) is 5.40. The lowest BCUT2D eigenvalue weighted by Gasteiger charge is -2.15. The van der Waals surface area contributed by atoms with E-state index >= 15 is 0 Å². The molecule has 0 radical (unpaired) electrons. The Morgan fingerprint density at radius 2 is 1.25 bits per heavy atom. The van der Waals surface area contributed by atoms with Crippen LogP contribution in [0, 0.1) is 0 Å². The van der Waals surface area contributed by atoms with Crippen molar-refractivity contribution in [2.24, 2.45) is 5.73 Å². The maximum absolute atomic E-state index is 8.46. The van der Waals surface area contributed by atoms with Crippen LogP contribution in [0.3, 0.4) is 0 Å². The van der Waals surface area contributed by atoms with Crippen LogP contribution in [0.5, 0.6) is 0 Å². The number of aliphatic hydroxyl groups excluding tert-OH is 2. The summed E-state index contributed by atoms with van der Waals surface area (Å²) in [6.07, 6.45) is 0. The van der Waals surface area contributed by atoms with Gasteiger partial charge < -0.3 is 20.8 Å². The number of rotatable bonds is 5. The first-order chi connectivity index (χ1) is 7.76. The molecule has 4 heteroatoms. The summed E-state index contributed by atoms with van der Waals surface area (Å²) in [6.45, 7) is 19.8. The number of hydrogen-bond acceptors (Lipinski definition) is 4. The average molecular weight is 234 g/mol. The van der Waals surface area contributed by atoms with Gasteiger partial charge in [0.2, 0.25) is 0 Å². The molecule has 0 spiro atoms. The third-order valence-electron chi connectivity index (χ3n) is 1.44. The van der Waals surface area contributed by atoms with Crippen molar-refractivity contribution in [3.63, 3.8) is 0 Å². The first-order valence-electron chi connectivity index (χ1n) is 5.40. The van der Waals surface area contributed by atoms with E-state index in [1.807, 2.05) is 0 Å². The predicted octanol–water partition coefficient (Wildman–Crippen LogP) is 0.862. The second-order valence-corrected chi connectivity index (χ2v) is 2.26. The van der Waals surface area contributed by atoms with Crippen LogP contribution >= 0.6 is 0 Å². The Hall–Kier alpha value is -0.680. The molecular weight excluding hydrogens is 204 g/mol. The SMILES string of the molecule is C=C.C=C.CCN(CC)CCO.NCCO. The van der Waals surface area contributed by atoms with Gasteiger partial charge in [0.25, 0.3) is 0 Å². The van der Waals surface area contributed by atoms with Crippen LogP contribution in [0.15, 0.2) is 26.3 Å². The van der Waals surface area contributed by atoms with Crippen molar-refractivity contribution in [3.05, 3.63) is 26.3 Å². The van der Waals surface area contributed by atoms with Crippen molar-refractivity contribution in [2.75, 3.05) is 39.4 Å². The fraction of sp³-hybridized carbons (Fsp3) is 0.667. The minimum absolute atomic E-state index is 0.0972. The summed E-state index contributed by atoms with van der Waals surface area (Å²) >= 11 is 0. The Balaban J connectivity index is -0.0000000761. The first kappa shape index (κ1) is 24.5. The highest BCUT2D eigenvalue weighted by Crippen LogP contribution is 1.82. The molecule has 100 valence electrons. The Bertz CT molecular complexity index is 85.1. The molecule has 4 N–H and O–H groups in total. The lowest BCUT2D eigenvalue weighted by Crippen LogP contribution is -2.25. The number of hydrogen-bond donors (Lipinski definition) is 3. The van der Waals surface area contributed by atoms with E-state index in [1.54, 1.807) is 0 Å². The van der Waals surface area contributed by atoms with Gasteiger partial charge in [0.05, 0.1) is 13.2 Å². The van der Waals surface area contributed by atoms with Crippen molar-refractivity contribution in [3.8, 4) is 0 Å². The highest BCUT2D eigenvalue weighted by atomic mass is 16.3. The van der Waals surface area contributed by atoms with Crippen LogP contribution < -0.4 is 5.73 Å². The van der Waals surface area contributed by atoms with Gasteiger partial charge in [-0.1, -0.05) is 13.8 Å². The highest BCUT2D eigenvalue weighted by molar-refractivity contribution is 4.47. The summed E-state index contributed by atoms with van der Waals surface area (Å²) in [4.78, 5) is 2.18. The van der Waals surface area contributed by atoms with Crippen LogP contribution in [-0.2, 0) is 0 Å². The molecule has 0 aromatic carbocycles. The van der Waals surface area contributed by atoms with Gasteiger partial charge in [0.15, 0.2) is 0 Å². The summed E-state index contributed by atoms with van der Waals surface area (Å²) in [6, 6.07) is 0. The zero-order chi connectivity index (χ0) is 13.8. The molecule has 0 saturated carbocycles. The molecule has 0 aromatic heterocycles. The van der Waals surface area contributed by atoms with E-state index in [9.17, 15) is 0 Å². The number of likely N-dealkylation sites (N-methyl/N-ethyl adjacent to an activating group) is 1. The third kappa shape index (κ3) is 37.7.